The second kappa shape index (κ2) is 5.56. The molecule has 1 saturated carbocycles. The highest BCUT2D eigenvalue weighted by atomic mass is 16.5. The molecule has 0 heterocycles. The third-order valence-corrected chi connectivity index (χ3v) is 3.71. The lowest BCUT2D eigenvalue weighted by Gasteiger charge is -2.32. The van der Waals surface area contributed by atoms with Crippen molar-refractivity contribution in [3.63, 3.8) is 0 Å². The Bertz CT molecular complexity index is 330. The third kappa shape index (κ3) is 3.13. The van der Waals surface area contributed by atoms with E-state index < -0.39 is 11.5 Å². The zero-order chi connectivity index (χ0) is 13.9. The molecule has 0 aromatic carbocycles. The predicted octanol–water partition coefficient (Wildman–Crippen LogP) is 1.06. The molecule has 0 radical (unpaired) electrons. The van der Waals surface area contributed by atoms with Crippen LogP contribution in [0, 0.1) is 0 Å². The number of aliphatic carboxylic acids is 1. The van der Waals surface area contributed by atoms with Gasteiger partial charge in [0, 0.05) is 20.2 Å². The van der Waals surface area contributed by atoms with E-state index in [0.717, 1.165) is 19.3 Å². The molecule has 1 aliphatic rings. The van der Waals surface area contributed by atoms with Gasteiger partial charge in [-0.25, -0.2) is 9.59 Å². The molecule has 0 aromatic heterocycles. The van der Waals surface area contributed by atoms with E-state index in [-0.39, 0.29) is 18.2 Å². The number of nitrogens with one attached hydrogen (secondary N) is 1. The molecule has 0 spiro atoms. The van der Waals surface area contributed by atoms with Crippen LogP contribution in [0.1, 0.15) is 33.1 Å². The van der Waals surface area contributed by atoms with Crippen molar-refractivity contribution in [2.75, 3.05) is 14.2 Å². The Morgan fingerprint density at radius 3 is 2.44 bits per heavy atom. The van der Waals surface area contributed by atoms with E-state index in [2.05, 4.69) is 5.32 Å². The minimum atomic E-state index is -1.22. The smallest absolute Gasteiger partial charge is 0.329 e. The first-order valence-electron chi connectivity index (χ1n) is 6.09. The lowest BCUT2D eigenvalue weighted by Crippen LogP contribution is -2.55. The highest BCUT2D eigenvalue weighted by molar-refractivity contribution is 5.85. The molecule has 2 unspecified atom stereocenters. The van der Waals surface area contributed by atoms with Gasteiger partial charge < -0.3 is 20.1 Å². The molecular weight excluding hydrogens is 236 g/mol. The highest BCUT2D eigenvalue weighted by Crippen LogP contribution is 2.22. The quantitative estimate of drug-likeness (QED) is 0.790. The summed E-state index contributed by atoms with van der Waals surface area (Å²) in [7, 11) is 3.15. The summed E-state index contributed by atoms with van der Waals surface area (Å²) in [5, 5.41) is 11.9. The Hall–Kier alpha value is -1.30. The Morgan fingerprint density at radius 2 is 2.00 bits per heavy atom. The zero-order valence-corrected chi connectivity index (χ0v) is 11.4. The second-order valence-electron chi connectivity index (χ2n) is 5.24. The van der Waals surface area contributed by atoms with Gasteiger partial charge in [0.2, 0.25) is 0 Å². The van der Waals surface area contributed by atoms with Crippen molar-refractivity contribution < 1.29 is 19.4 Å². The average Bonchev–Trinajstić information content (AvgIpc) is 2.75. The topological polar surface area (TPSA) is 78.9 Å². The lowest BCUT2D eigenvalue weighted by atomic mass is 10.0. The fraction of sp³-hybridized carbons (Fsp3) is 0.833. The van der Waals surface area contributed by atoms with Crippen LogP contribution in [0.2, 0.25) is 0 Å². The SMILES string of the molecule is COC1CCC(NC(=O)N(C)C(C)(C)C(=O)O)C1. The molecule has 2 atom stereocenters. The highest BCUT2D eigenvalue weighted by Gasteiger charge is 2.36. The van der Waals surface area contributed by atoms with Crippen LogP contribution in [0.3, 0.4) is 0 Å². The van der Waals surface area contributed by atoms with E-state index in [1.165, 1.54) is 25.8 Å². The van der Waals surface area contributed by atoms with E-state index in [1.54, 1.807) is 7.11 Å². The van der Waals surface area contributed by atoms with Crippen molar-refractivity contribution in [2.24, 2.45) is 0 Å². The van der Waals surface area contributed by atoms with Crippen LogP contribution in [-0.2, 0) is 9.53 Å². The Morgan fingerprint density at radius 1 is 1.39 bits per heavy atom. The number of hydrogen-bond acceptors (Lipinski definition) is 3. The number of carboxylic acid groups (broad SMARTS) is 1. The second-order valence-corrected chi connectivity index (χ2v) is 5.24. The fourth-order valence-corrected chi connectivity index (χ4v) is 1.95. The molecule has 18 heavy (non-hydrogen) atoms. The van der Waals surface area contributed by atoms with Gasteiger partial charge in [-0.1, -0.05) is 0 Å². The van der Waals surface area contributed by atoms with Gasteiger partial charge in [-0.3, -0.25) is 0 Å². The number of urea groups is 1. The minimum absolute atomic E-state index is 0.0643. The number of carboxylic acids is 1. The summed E-state index contributed by atoms with van der Waals surface area (Å²) in [4.78, 5) is 24.2. The van der Waals surface area contributed by atoms with Crippen molar-refractivity contribution in [3.05, 3.63) is 0 Å². The van der Waals surface area contributed by atoms with E-state index >= 15 is 0 Å². The Labute approximate surface area is 107 Å². The number of hydrogen-bond donors (Lipinski definition) is 2. The maximum Gasteiger partial charge on any atom is 0.329 e. The first kappa shape index (κ1) is 14.8. The van der Waals surface area contributed by atoms with Gasteiger partial charge in [0.25, 0.3) is 0 Å². The normalized spacial score (nSPS) is 23.8. The van der Waals surface area contributed by atoms with Crippen LogP contribution in [0.5, 0.6) is 0 Å². The summed E-state index contributed by atoms with van der Waals surface area (Å²) in [6.07, 6.45) is 2.76. The Balaban J connectivity index is 2.53. The van der Waals surface area contributed by atoms with E-state index in [1.807, 2.05) is 0 Å². The van der Waals surface area contributed by atoms with Gasteiger partial charge in [0.15, 0.2) is 0 Å². The van der Waals surface area contributed by atoms with Gasteiger partial charge >= 0.3 is 12.0 Å². The molecule has 1 aliphatic carbocycles. The van der Waals surface area contributed by atoms with E-state index in [0.29, 0.717) is 0 Å². The first-order chi connectivity index (χ1) is 8.28. The molecule has 104 valence electrons. The van der Waals surface area contributed by atoms with Crippen molar-refractivity contribution in [3.8, 4) is 0 Å². The number of rotatable bonds is 4. The van der Waals surface area contributed by atoms with Crippen LogP contribution in [-0.4, -0.2) is 53.8 Å². The maximum absolute atomic E-state index is 12.0. The molecule has 1 rings (SSSR count). The summed E-state index contributed by atoms with van der Waals surface area (Å²) >= 11 is 0. The van der Waals surface area contributed by atoms with Gasteiger partial charge in [0.05, 0.1) is 6.10 Å². The molecule has 2 N–H and O–H groups in total. The summed E-state index contributed by atoms with van der Waals surface area (Å²) in [6.45, 7) is 3.00. The van der Waals surface area contributed by atoms with Crippen LogP contribution in [0.15, 0.2) is 0 Å². The number of methoxy groups -OCH3 is 1. The van der Waals surface area contributed by atoms with E-state index in [4.69, 9.17) is 9.84 Å². The molecule has 0 saturated heterocycles. The van der Waals surface area contributed by atoms with Crippen LogP contribution in [0.25, 0.3) is 0 Å². The average molecular weight is 258 g/mol. The van der Waals surface area contributed by atoms with E-state index in [9.17, 15) is 9.59 Å². The molecule has 0 bridgehead atoms. The van der Waals surface area contributed by atoms with Crippen molar-refractivity contribution in [1.82, 2.24) is 10.2 Å². The van der Waals surface area contributed by atoms with Crippen LogP contribution < -0.4 is 5.32 Å². The summed E-state index contributed by atoms with van der Waals surface area (Å²) in [6, 6.07) is -0.293. The molecule has 6 nitrogen and oxygen atoms in total. The molecule has 0 aliphatic heterocycles. The first-order valence-corrected chi connectivity index (χ1v) is 6.09. The van der Waals surface area contributed by atoms with Gasteiger partial charge in [0.1, 0.15) is 5.54 Å². The molecule has 0 aromatic rings. The fourth-order valence-electron chi connectivity index (χ4n) is 1.95. The number of carbonyl (C=O) groups excluding carboxylic acids is 1. The molecule has 2 amide bonds. The summed E-state index contributed by atoms with van der Waals surface area (Å²) < 4.78 is 5.23. The van der Waals surface area contributed by atoms with Gasteiger partial charge in [-0.15, -0.1) is 0 Å². The number of amides is 2. The largest absolute Gasteiger partial charge is 0.480 e. The van der Waals surface area contributed by atoms with Crippen molar-refractivity contribution >= 4 is 12.0 Å². The predicted molar refractivity (Wildman–Crippen MR) is 66.4 cm³/mol. The van der Waals surface area contributed by atoms with Gasteiger partial charge in [-0.05, 0) is 33.1 Å². The summed E-state index contributed by atoms with van der Waals surface area (Å²) in [5.41, 5.74) is -1.22. The number of likely N-dealkylation sites (N-methyl/N-ethyl adjacent to an activating group) is 1. The third-order valence-electron chi connectivity index (χ3n) is 3.71. The molecule has 6 heteroatoms. The number of carbonyl (C=O) groups is 2. The molecule has 1 fully saturated rings. The zero-order valence-electron chi connectivity index (χ0n) is 11.4. The van der Waals surface area contributed by atoms with Crippen LogP contribution >= 0.6 is 0 Å². The van der Waals surface area contributed by atoms with Crippen molar-refractivity contribution in [1.29, 1.82) is 0 Å². The van der Waals surface area contributed by atoms with Crippen LogP contribution in [0.4, 0.5) is 4.79 Å². The number of ether oxygens (including phenoxy) is 1. The lowest BCUT2D eigenvalue weighted by molar-refractivity contribution is -0.146. The van der Waals surface area contributed by atoms with Crippen molar-refractivity contribution in [2.45, 2.75) is 50.8 Å². The van der Waals surface area contributed by atoms with Gasteiger partial charge in [-0.2, -0.15) is 0 Å². The summed E-state index contributed by atoms with van der Waals surface area (Å²) in [5.74, 6) is -1.03. The monoisotopic (exact) mass is 258 g/mol. The standard InChI is InChI=1S/C12H22N2O4/c1-12(2,10(15)16)14(3)11(17)13-8-5-6-9(7-8)18-4/h8-9H,5-7H2,1-4H3,(H,13,17)(H,15,16). The Kier molecular flexibility index (Phi) is 4.56. The maximum atomic E-state index is 12.0. The molecular formula is C12H22N2O4. The minimum Gasteiger partial charge on any atom is -0.480 e. The number of nitrogens with zero attached hydrogens (tertiary/aromatic N) is 1.